The Labute approximate surface area is 148 Å². The Kier molecular flexibility index (Phi) is 4.83. The van der Waals surface area contributed by atoms with Gasteiger partial charge in [0.15, 0.2) is 0 Å². The maximum absolute atomic E-state index is 13.2. The van der Waals surface area contributed by atoms with Gasteiger partial charge in [0, 0.05) is 22.5 Å². The average Bonchev–Trinajstić information content (AvgIpc) is 3.05. The largest absolute Gasteiger partial charge is 0.433 e. The van der Waals surface area contributed by atoms with Crippen LogP contribution in [-0.4, -0.2) is 11.5 Å². The second-order valence-electron chi connectivity index (χ2n) is 5.51. The molecule has 1 aromatic carbocycles. The third kappa shape index (κ3) is 3.92. The first-order valence-corrected chi connectivity index (χ1v) is 8.38. The fourth-order valence-electron chi connectivity index (χ4n) is 2.54. The fourth-order valence-corrected chi connectivity index (χ4v) is 3.25. The Balaban J connectivity index is 2.05. The number of alkyl halides is 6. The molecular weight excluding hydrogens is 378 g/mol. The van der Waals surface area contributed by atoms with Crippen molar-refractivity contribution in [3.63, 3.8) is 0 Å². The lowest BCUT2D eigenvalue weighted by molar-refractivity contribution is -0.142. The van der Waals surface area contributed by atoms with Gasteiger partial charge < -0.3 is 5.32 Å². The molecule has 2 nitrogen and oxygen atoms in total. The van der Waals surface area contributed by atoms with Crippen LogP contribution in [0, 0.1) is 0 Å². The number of nitrogens with zero attached hydrogens (tertiary/aromatic N) is 1. The van der Waals surface area contributed by atoms with E-state index >= 15 is 0 Å². The second kappa shape index (κ2) is 6.79. The molecule has 3 rings (SSSR count). The summed E-state index contributed by atoms with van der Waals surface area (Å²) in [5.74, 6) is 0. The van der Waals surface area contributed by atoms with Crippen LogP contribution in [0.25, 0.3) is 10.9 Å². The van der Waals surface area contributed by atoms with E-state index in [1.807, 2.05) is 17.5 Å². The Hall–Kier alpha value is -2.29. The van der Waals surface area contributed by atoms with Crippen molar-refractivity contribution >= 4 is 27.9 Å². The molecule has 0 atom stereocenters. The van der Waals surface area contributed by atoms with Crippen molar-refractivity contribution in [2.24, 2.45) is 0 Å². The van der Waals surface area contributed by atoms with Crippen LogP contribution >= 0.6 is 11.3 Å². The highest BCUT2D eigenvalue weighted by Gasteiger charge is 2.37. The number of para-hydroxylation sites is 1. The standard InChI is InChI=1S/C17H12F6N2S/c18-16(19,20)12-5-1-4-11-13(24-7-6-10-3-2-8-26-10)9-14(17(21,22)23)25-15(11)12/h1-5,8-9H,6-7H2,(H,24,25). The zero-order chi connectivity index (χ0) is 18.9. The summed E-state index contributed by atoms with van der Waals surface area (Å²) in [5, 5.41) is 4.69. The van der Waals surface area contributed by atoms with Gasteiger partial charge in [-0.15, -0.1) is 11.3 Å². The Morgan fingerprint density at radius 3 is 2.35 bits per heavy atom. The number of nitrogens with one attached hydrogen (secondary N) is 1. The SMILES string of the molecule is FC(F)(F)c1cc(NCCc2cccs2)c2cccc(C(F)(F)F)c2n1. The van der Waals surface area contributed by atoms with Gasteiger partial charge in [-0.25, -0.2) is 4.98 Å². The van der Waals surface area contributed by atoms with Crippen molar-refractivity contribution in [2.45, 2.75) is 18.8 Å². The van der Waals surface area contributed by atoms with E-state index < -0.39 is 29.1 Å². The van der Waals surface area contributed by atoms with Crippen LogP contribution in [0.2, 0.25) is 0 Å². The first-order chi connectivity index (χ1) is 12.2. The number of pyridine rings is 1. The first-order valence-electron chi connectivity index (χ1n) is 7.50. The van der Waals surface area contributed by atoms with E-state index in [9.17, 15) is 26.3 Å². The minimum absolute atomic E-state index is 0.000922. The van der Waals surface area contributed by atoms with Crippen LogP contribution in [0.4, 0.5) is 32.0 Å². The topological polar surface area (TPSA) is 24.9 Å². The Bertz CT molecular complexity index is 900. The van der Waals surface area contributed by atoms with Crippen molar-refractivity contribution in [3.8, 4) is 0 Å². The molecule has 0 aliphatic carbocycles. The van der Waals surface area contributed by atoms with Crippen molar-refractivity contribution in [3.05, 3.63) is 57.9 Å². The van der Waals surface area contributed by atoms with E-state index in [1.54, 1.807) is 0 Å². The zero-order valence-corrected chi connectivity index (χ0v) is 13.9. The van der Waals surface area contributed by atoms with E-state index in [0.29, 0.717) is 6.42 Å². The predicted molar refractivity (Wildman–Crippen MR) is 88.3 cm³/mol. The zero-order valence-electron chi connectivity index (χ0n) is 13.1. The minimum Gasteiger partial charge on any atom is -0.384 e. The van der Waals surface area contributed by atoms with Gasteiger partial charge in [0.05, 0.1) is 11.1 Å². The normalized spacial score (nSPS) is 12.5. The molecular formula is C17H12F6N2S. The first kappa shape index (κ1) is 18.5. The van der Waals surface area contributed by atoms with Crippen molar-refractivity contribution in [2.75, 3.05) is 11.9 Å². The lowest BCUT2D eigenvalue weighted by Crippen LogP contribution is -2.13. The summed E-state index contributed by atoms with van der Waals surface area (Å²) in [6.07, 6.45) is -9.11. The van der Waals surface area contributed by atoms with Gasteiger partial charge in [0.25, 0.3) is 0 Å². The summed E-state index contributed by atoms with van der Waals surface area (Å²) in [7, 11) is 0. The lowest BCUT2D eigenvalue weighted by atomic mass is 10.1. The van der Waals surface area contributed by atoms with E-state index in [-0.39, 0.29) is 17.6 Å². The quantitative estimate of drug-likeness (QED) is 0.554. The Morgan fingerprint density at radius 2 is 1.73 bits per heavy atom. The maximum atomic E-state index is 13.2. The summed E-state index contributed by atoms with van der Waals surface area (Å²) < 4.78 is 78.8. The van der Waals surface area contributed by atoms with Gasteiger partial charge in [-0.05, 0) is 30.0 Å². The third-order valence-electron chi connectivity index (χ3n) is 3.70. The van der Waals surface area contributed by atoms with E-state index in [4.69, 9.17) is 0 Å². The molecule has 3 aromatic rings. The van der Waals surface area contributed by atoms with Crippen LogP contribution in [0.15, 0.2) is 41.8 Å². The molecule has 1 N–H and O–H groups in total. The number of anilines is 1. The van der Waals surface area contributed by atoms with Crippen LogP contribution in [0.5, 0.6) is 0 Å². The van der Waals surface area contributed by atoms with Gasteiger partial charge in [-0.2, -0.15) is 26.3 Å². The van der Waals surface area contributed by atoms with E-state index in [1.165, 1.54) is 17.4 Å². The van der Waals surface area contributed by atoms with Crippen LogP contribution < -0.4 is 5.32 Å². The summed E-state index contributed by atoms with van der Waals surface area (Å²) in [4.78, 5) is 4.27. The number of rotatable bonds is 4. The Morgan fingerprint density at radius 1 is 0.962 bits per heavy atom. The monoisotopic (exact) mass is 390 g/mol. The third-order valence-corrected chi connectivity index (χ3v) is 4.64. The number of fused-ring (bicyclic) bond motifs is 1. The number of thiophene rings is 1. The molecule has 0 aliphatic heterocycles. The number of aromatic nitrogens is 1. The summed E-state index contributed by atoms with van der Waals surface area (Å²) >= 11 is 1.49. The molecule has 2 aromatic heterocycles. The van der Waals surface area contributed by atoms with Gasteiger partial charge in [0.1, 0.15) is 5.69 Å². The molecule has 0 spiro atoms. The summed E-state index contributed by atoms with van der Waals surface area (Å²) in [6, 6.07) is 7.68. The molecule has 138 valence electrons. The summed E-state index contributed by atoms with van der Waals surface area (Å²) in [5.41, 5.74) is -3.29. The van der Waals surface area contributed by atoms with Crippen molar-refractivity contribution in [1.29, 1.82) is 0 Å². The molecule has 9 heteroatoms. The van der Waals surface area contributed by atoms with Gasteiger partial charge >= 0.3 is 12.4 Å². The molecule has 0 unspecified atom stereocenters. The highest BCUT2D eigenvalue weighted by molar-refractivity contribution is 7.09. The predicted octanol–water partition coefficient (Wildman–Crippen LogP) is 5.99. The van der Waals surface area contributed by atoms with Crippen LogP contribution in [-0.2, 0) is 18.8 Å². The van der Waals surface area contributed by atoms with E-state index in [2.05, 4.69) is 10.3 Å². The van der Waals surface area contributed by atoms with Crippen molar-refractivity contribution in [1.82, 2.24) is 4.98 Å². The molecule has 26 heavy (non-hydrogen) atoms. The molecule has 0 radical (unpaired) electrons. The molecule has 0 saturated heterocycles. The van der Waals surface area contributed by atoms with Gasteiger partial charge in [-0.1, -0.05) is 18.2 Å². The summed E-state index contributed by atoms with van der Waals surface area (Å²) in [6.45, 7) is 0.285. The number of benzene rings is 1. The maximum Gasteiger partial charge on any atom is 0.433 e. The van der Waals surface area contributed by atoms with E-state index in [0.717, 1.165) is 23.1 Å². The fraction of sp³-hybridized carbons (Fsp3) is 0.235. The number of hydrogen-bond donors (Lipinski definition) is 1. The molecule has 0 amide bonds. The average molecular weight is 390 g/mol. The van der Waals surface area contributed by atoms with Crippen LogP contribution in [0.1, 0.15) is 16.1 Å². The molecule has 0 fully saturated rings. The molecule has 2 heterocycles. The van der Waals surface area contributed by atoms with Crippen LogP contribution in [0.3, 0.4) is 0 Å². The lowest BCUT2D eigenvalue weighted by Gasteiger charge is -2.16. The smallest absolute Gasteiger partial charge is 0.384 e. The van der Waals surface area contributed by atoms with Gasteiger partial charge in [0.2, 0.25) is 0 Å². The number of halogens is 6. The minimum atomic E-state index is -4.85. The van der Waals surface area contributed by atoms with Gasteiger partial charge in [-0.3, -0.25) is 0 Å². The highest BCUT2D eigenvalue weighted by atomic mass is 32.1. The van der Waals surface area contributed by atoms with Crippen molar-refractivity contribution < 1.29 is 26.3 Å². The molecule has 0 aliphatic rings. The molecule has 0 saturated carbocycles. The second-order valence-corrected chi connectivity index (χ2v) is 6.54. The highest BCUT2D eigenvalue weighted by Crippen LogP contribution is 2.39. The number of hydrogen-bond acceptors (Lipinski definition) is 3. The molecule has 0 bridgehead atoms.